The van der Waals surface area contributed by atoms with E-state index in [0.29, 0.717) is 26.2 Å². The molecule has 1 aromatic rings. The molecule has 7 heteroatoms. The number of ether oxygens (including phenoxy) is 1. The van der Waals surface area contributed by atoms with Crippen molar-refractivity contribution in [2.45, 2.75) is 6.42 Å². The number of nitrogens with zero attached hydrogens (tertiary/aromatic N) is 1. The maximum absolute atomic E-state index is 12.7. The smallest absolute Gasteiger partial charge is 0.311 e. The highest BCUT2D eigenvalue weighted by Gasteiger charge is 2.55. The second-order valence-electron chi connectivity index (χ2n) is 5.77. The number of rotatable bonds is 2. The zero-order chi connectivity index (χ0) is 15.9. The quantitative estimate of drug-likeness (QED) is 0.895. The Balaban J connectivity index is 1.91. The van der Waals surface area contributed by atoms with Crippen LogP contribution in [0.15, 0.2) is 18.2 Å². The summed E-state index contributed by atoms with van der Waals surface area (Å²) in [7, 11) is 0. The number of carboxylic acid groups (broad SMARTS) is 1. The number of hydrogen-bond acceptors (Lipinski definition) is 3. The highest BCUT2D eigenvalue weighted by molar-refractivity contribution is 6.39. The highest BCUT2D eigenvalue weighted by Crippen LogP contribution is 2.43. The molecule has 0 radical (unpaired) electrons. The lowest BCUT2D eigenvalue weighted by atomic mass is 9.74. The van der Waals surface area contributed by atoms with Gasteiger partial charge in [0.1, 0.15) is 0 Å². The lowest BCUT2D eigenvalue weighted by Gasteiger charge is -2.33. The van der Waals surface area contributed by atoms with Crippen molar-refractivity contribution in [2.24, 2.45) is 11.3 Å². The predicted octanol–water partition coefficient (Wildman–Crippen LogP) is 2.56. The first-order chi connectivity index (χ1) is 10.5. The van der Waals surface area contributed by atoms with E-state index in [1.54, 1.807) is 18.2 Å². The van der Waals surface area contributed by atoms with Crippen LogP contribution in [0, 0.1) is 11.3 Å². The summed E-state index contributed by atoms with van der Waals surface area (Å²) in [6, 6.07) is 4.86. The molecule has 0 saturated carbocycles. The summed E-state index contributed by atoms with van der Waals surface area (Å²) in [6.45, 7) is 1.26. The number of fused-ring (bicyclic) bond motifs is 1. The molecule has 22 heavy (non-hydrogen) atoms. The van der Waals surface area contributed by atoms with E-state index in [0.717, 1.165) is 0 Å². The fourth-order valence-corrected chi connectivity index (χ4v) is 3.87. The number of hydrogen-bond donors (Lipinski definition) is 1. The van der Waals surface area contributed by atoms with Gasteiger partial charge in [-0.1, -0.05) is 29.3 Å². The van der Waals surface area contributed by atoms with Crippen LogP contribution < -0.4 is 0 Å². The monoisotopic (exact) mass is 343 g/mol. The van der Waals surface area contributed by atoms with Crippen LogP contribution in [0.2, 0.25) is 10.0 Å². The number of carbonyl (C=O) groups is 2. The van der Waals surface area contributed by atoms with Gasteiger partial charge in [-0.15, -0.1) is 0 Å². The first-order valence-corrected chi connectivity index (χ1v) is 7.76. The molecule has 1 N–H and O–H groups in total. The molecule has 0 aliphatic carbocycles. The van der Waals surface area contributed by atoms with Crippen LogP contribution in [0.4, 0.5) is 0 Å². The van der Waals surface area contributed by atoms with Gasteiger partial charge < -0.3 is 14.7 Å². The molecule has 2 saturated heterocycles. The zero-order valence-corrected chi connectivity index (χ0v) is 13.2. The largest absolute Gasteiger partial charge is 0.481 e. The van der Waals surface area contributed by atoms with Gasteiger partial charge in [-0.05, 0) is 18.6 Å². The van der Waals surface area contributed by atoms with Crippen molar-refractivity contribution in [1.82, 2.24) is 4.90 Å². The molecule has 2 aliphatic heterocycles. The zero-order valence-electron chi connectivity index (χ0n) is 11.7. The van der Waals surface area contributed by atoms with Crippen LogP contribution >= 0.6 is 23.2 Å². The maximum atomic E-state index is 12.7. The summed E-state index contributed by atoms with van der Waals surface area (Å²) >= 11 is 12.2. The van der Waals surface area contributed by atoms with Gasteiger partial charge in [0.05, 0.1) is 27.6 Å². The van der Waals surface area contributed by atoms with E-state index in [1.807, 2.05) is 0 Å². The lowest BCUT2D eigenvalue weighted by molar-refractivity contribution is -0.157. The van der Waals surface area contributed by atoms with Crippen molar-refractivity contribution in [2.75, 3.05) is 26.3 Å². The van der Waals surface area contributed by atoms with Crippen molar-refractivity contribution < 1.29 is 19.4 Å². The SMILES string of the molecule is O=C(c1c(Cl)cccc1Cl)N1C[C@H]2COCC[C@@]2(C(=O)O)C1. The molecule has 1 aromatic carbocycles. The number of carboxylic acids is 1. The van der Waals surface area contributed by atoms with Crippen LogP contribution in [-0.2, 0) is 9.53 Å². The molecule has 0 aromatic heterocycles. The Morgan fingerprint density at radius 3 is 2.59 bits per heavy atom. The molecule has 2 aliphatic rings. The van der Waals surface area contributed by atoms with Gasteiger partial charge >= 0.3 is 5.97 Å². The summed E-state index contributed by atoms with van der Waals surface area (Å²) in [5, 5.41) is 10.2. The topological polar surface area (TPSA) is 66.8 Å². The molecule has 1 amide bonds. The Kier molecular flexibility index (Phi) is 4.05. The number of aliphatic carboxylic acids is 1. The summed E-state index contributed by atoms with van der Waals surface area (Å²) in [5.41, 5.74) is -0.701. The summed E-state index contributed by atoms with van der Waals surface area (Å²) in [6.07, 6.45) is 0.410. The molecule has 5 nitrogen and oxygen atoms in total. The molecule has 2 heterocycles. The van der Waals surface area contributed by atoms with Crippen molar-refractivity contribution in [3.05, 3.63) is 33.8 Å². The summed E-state index contributed by atoms with van der Waals surface area (Å²) in [5.74, 6) is -1.41. The molecule has 0 spiro atoms. The second kappa shape index (κ2) is 5.72. The Morgan fingerprint density at radius 1 is 1.32 bits per heavy atom. The minimum absolute atomic E-state index is 0.163. The second-order valence-corrected chi connectivity index (χ2v) is 6.58. The van der Waals surface area contributed by atoms with Crippen molar-refractivity contribution in [3.63, 3.8) is 0 Å². The van der Waals surface area contributed by atoms with E-state index in [2.05, 4.69) is 0 Å². The van der Waals surface area contributed by atoms with E-state index < -0.39 is 11.4 Å². The summed E-state index contributed by atoms with van der Waals surface area (Å²) in [4.78, 5) is 26.0. The van der Waals surface area contributed by atoms with Crippen molar-refractivity contribution >= 4 is 35.1 Å². The van der Waals surface area contributed by atoms with Crippen LogP contribution in [0.3, 0.4) is 0 Å². The molecule has 118 valence electrons. The number of carbonyl (C=O) groups excluding carboxylic acids is 1. The standard InChI is InChI=1S/C15H15Cl2NO4/c16-10-2-1-3-11(17)12(10)13(19)18-6-9-7-22-5-4-15(9,8-18)14(20)21/h1-3,9H,4-8H2,(H,20,21)/t9-,15+/m0/s1. The molecule has 0 unspecified atom stereocenters. The van der Waals surface area contributed by atoms with Gasteiger partial charge in [-0.2, -0.15) is 0 Å². The summed E-state index contributed by atoms with van der Waals surface area (Å²) < 4.78 is 5.39. The van der Waals surface area contributed by atoms with E-state index in [-0.39, 0.29) is 34.0 Å². The van der Waals surface area contributed by atoms with Gasteiger partial charge in [-0.25, -0.2) is 0 Å². The number of benzene rings is 1. The first-order valence-electron chi connectivity index (χ1n) is 7.00. The van der Waals surface area contributed by atoms with Crippen molar-refractivity contribution in [1.29, 1.82) is 0 Å². The molecular weight excluding hydrogens is 329 g/mol. The highest BCUT2D eigenvalue weighted by atomic mass is 35.5. The number of amides is 1. The fraction of sp³-hybridized carbons (Fsp3) is 0.467. The Labute approximate surface area is 137 Å². The molecule has 3 rings (SSSR count). The van der Waals surface area contributed by atoms with E-state index in [1.165, 1.54) is 4.90 Å². The van der Waals surface area contributed by atoms with E-state index in [9.17, 15) is 14.7 Å². The third-order valence-electron chi connectivity index (χ3n) is 4.60. The maximum Gasteiger partial charge on any atom is 0.311 e. The molecule has 2 atom stereocenters. The van der Waals surface area contributed by atoms with Gasteiger partial charge in [0.15, 0.2) is 0 Å². The van der Waals surface area contributed by atoms with Gasteiger partial charge in [0.2, 0.25) is 0 Å². The first kappa shape index (κ1) is 15.6. The van der Waals surface area contributed by atoms with E-state index >= 15 is 0 Å². The number of halogens is 2. The van der Waals surface area contributed by atoms with Crippen LogP contribution in [0.25, 0.3) is 0 Å². The predicted molar refractivity (Wildman–Crippen MR) is 81.4 cm³/mol. The van der Waals surface area contributed by atoms with Crippen LogP contribution in [0.1, 0.15) is 16.8 Å². The Morgan fingerprint density at radius 2 is 2.00 bits per heavy atom. The average Bonchev–Trinajstić information content (AvgIpc) is 2.88. The average molecular weight is 344 g/mol. The van der Waals surface area contributed by atoms with Crippen LogP contribution in [0.5, 0.6) is 0 Å². The molecule has 0 bridgehead atoms. The Hall–Kier alpha value is -1.30. The van der Waals surface area contributed by atoms with Crippen molar-refractivity contribution in [3.8, 4) is 0 Å². The third kappa shape index (κ3) is 2.37. The third-order valence-corrected chi connectivity index (χ3v) is 5.23. The molecular formula is C15H15Cl2NO4. The van der Waals surface area contributed by atoms with Crippen LogP contribution in [-0.4, -0.2) is 48.2 Å². The minimum atomic E-state index is -0.929. The van der Waals surface area contributed by atoms with Gasteiger partial charge in [0.25, 0.3) is 5.91 Å². The van der Waals surface area contributed by atoms with E-state index in [4.69, 9.17) is 27.9 Å². The fourth-order valence-electron chi connectivity index (χ4n) is 3.31. The lowest BCUT2D eigenvalue weighted by Crippen LogP contribution is -2.45. The Bertz CT molecular complexity index is 616. The number of likely N-dealkylation sites (tertiary alicyclic amines) is 1. The van der Waals surface area contributed by atoms with Gasteiger partial charge in [-0.3, -0.25) is 9.59 Å². The minimum Gasteiger partial charge on any atom is -0.481 e. The molecule has 2 fully saturated rings. The van der Waals surface area contributed by atoms with Gasteiger partial charge in [0, 0.05) is 25.6 Å². The normalized spacial score (nSPS) is 27.5.